The molecule has 1 aromatic rings. The Hall–Kier alpha value is -1.08. The molecule has 0 atom stereocenters. The molecule has 0 unspecified atom stereocenters. The van der Waals surface area contributed by atoms with Crippen LogP contribution in [0, 0.1) is 11.3 Å². The van der Waals surface area contributed by atoms with Gasteiger partial charge in [0.15, 0.2) is 0 Å². The minimum absolute atomic E-state index is 0.533. The molecule has 0 N–H and O–H groups in total. The molecule has 4 heteroatoms. The minimum Gasteiger partial charge on any atom is -0.373 e. The van der Waals surface area contributed by atoms with Crippen LogP contribution < -0.4 is 4.90 Å². The molecule has 0 radical (unpaired) electrons. The van der Waals surface area contributed by atoms with Crippen LogP contribution in [0.5, 0.6) is 0 Å². The number of nitrogens with zero attached hydrogens (tertiary/aromatic N) is 3. The summed E-state index contributed by atoms with van der Waals surface area (Å²) in [5.41, 5.74) is 1.06. The van der Waals surface area contributed by atoms with Crippen molar-refractivity contribution in [3.05, 3.63) is 22.9 Å². The number of nitriles is 1. The van der Waals surface area contributed by atoms with Gasteiger partial charge >= 0.3 is 0 Å². The van der Waals surface area contributed by atoms with Crippen molar-refractivity contribution in [3.8, 4) is 6.07 Å². The minimum atomic E-state index is 0.533. The van der Waals surface area contributed by atoms with E-state index in [9.17, 15) is 0 Å². The van der Waals surface area contributed by atoms with E-state index in [0.29, 0.717) is 6.42 Å². The summed E-state index contributed by atoms with van der Waals surface area (Å²) < 4.78 is 0.954. The molecule has 0 aromatic carbocycles. The maximum atomic E-state index is 8.43. The molecule has 0 fully saturated rings. The lowest BCUT2D eigenvalue weighted by molar-refractivity contribution is 0.901. The Balaban J connectivity index is 2.72. The van der Waals surface area contributed by atoms with Crippen LogP contribution in [0.1, 0.15) is 6.42 Å². The van der Waals surface area contributed by atoms with Crippen molar-refractivity contribution < 1.29 is 0 Å². The van der Waals surface area contributed by atoms with Crippen molar-refractivity contribution >= 4 is 21.6 Å². The predicted octanol–water partition coefficient (Wildman–Crippen LogP) is 2.19. The lowest BCUT2D eigenvalue weighted by atomic mass is 10.3. The Morgan fingerprint density at radius 3 is 3.08 bits per heavy atom. The average molecular weight is 240 g/mol. The van der Waals surface area contributed by atoms with Gasteiger partial charge in [-0.15, -0.1) is 0 Å². The van der Waals surface area contributed by atoms with Gasteiger partial charge in [-0.3, -0.25) is 4.98 Å². The third-order valence-electron chi connectivity index (χ3n) is 1.72. The summed E-state index contributed by atoms with van der Waals surface area (Å²) in [6.45, 7) is 0.735. The van der Waals surface area contributed by atoms with Crippen molar-refractivity contribution in [3.63, 3.8) is 0 Å². The Kier molecular flexibility index (Phi) is 3.71. The highest BCUT2D eigenvalue weighted by atomic mass is 79.9. The molecule has 3 nitrogen and oxygen atoms in total. The van der Waals surface area contributed by atoms with Crippen molar-refractivity contribution in [1.82, 2.24) is 4.98 Å². The average Bonchev–Trinajstić information content (AvgIpc) is 2.15. The van der Waals surface area contributed by atoms with Crippen molar-refractivity contribution in [2.75, 3.05) is 18.5 Å². The molecule has 0 bridgehead atoms. The Morgan fingerprint density at radius 1 is 1.69 bits per heavy atom. The first kappa shape index (κ1) is 10.0. The number of halogens is 1. The van der Waals surface area contributed by atoms with Gasteiger partial charge in [0.05, 0.1) is 22.7 Å². The van der Waals surface area contributed by atoms with Crippen molar-refractivity contribution in [2.45, 2.75) is 6.42 Å². The van der Waals surface area contributed by atoms with Gasteiger partial charge in [-0.25, -0.2) is 0 Å². The summed E-state index contributed by atoms with van der Waals surface area (Å²) in [5, 5.41) is 8.43. The molecule has 0 spiro atoms. The zero-order valence-electron chi connectivity index (χ0n) is 7.37. The molecule has 1 rings (SSSR count). The molecular formula is C9H10BrN3. The van der Waals surface area contributed by atoms with E-state index < -0.39 is 0 Å². The second-order valence-corrected chi connectivity index (χ2v) is 3.51. The Labute approximate surface area is 86.1 Å². The molecule has 0 aliphatic carbocycles. The quantitative estimate of drug-likeness (QED) is 0.812. The van der Waals surface area contributed by atoms with Gasteiger partial charge in [0.25, 0.3) is 0 Å². The first-order valence-corrected chi connectivity index (χ1v) is 4.72. The second-order valence-electron chi connectivity index (χ2n) is 2.66. The van der Waals surface area contributed by atoms with Gasteiger partial charge in [0.1, 0.15) is 0 Å². The molecule has 13 heavy (non-hydrogen) atoms. The lowest BCUT2D eigenvalue weighted by Gasteiger charge is -2.18. The molecule has 1 aromatic heterocycles. The van der Waals surface area contributed by atoms with E-state index in [-0.39, 0.29) is 0 Å². The number of hydrogen-bond acceptors (Lipinski definition) is 3. The molecule has 0 aliphatic rings. The topological polar surface area (TPSA) is 39.9 Å². The molecule has 68 valence electrons. The molecule has 0 amide bonds. The summed E-state index contributed by atoms with van der Waals surface area (Å²) in [7, 11) is 1.96. The summed E-state index contributed by atoms with van der Waals surface area (Å²) in [4.78, 5) is 5.99. The lowest BCUT2D eigenvalue weighted by Crippen LogP contribution is -2.18. The van der Waals surface area contributed by atoms with E-state index in [1.165, 1.54) is 0 Å². The van der Waals surface area contributed by atoms with Crippen LogP contribution >= 0.6 is 15.9 Å². The van der Waals surface area contributed by atoms with E-state index in [4.69, 9.17) is 5.26 Å². The first-order chi connectivity index (χ1) is 6.25. The fraction of sp³-hybridized carbons (Fsp3) is 0.333. The highest BCUT2D eigenvalue weighted by Gasteiger charge is 2.03. The largest absolute Gasteiger partial charge is 0.373 e. The SMILES string of the molecule is CN(CCC#N)c1ccncc1Br. The molecular weight excluding hydrogens is 230 g/mol. The monoisotopic (exact) mass is 239 g/mol. The normalized spacial score (nSPS) is 9.31. The van der Waals surface area contributed by atoms with Crippen LogP contribution in [0.2, 0.25) is 0 Å². The number of pyridine rings is 1. The van der Waals surface area contributed by atoms with Gasteiger partial charge in [-0.05, 0) is 22.0 Å². The van der Waals surface area contributed by atoms with Crippen molar-refractivity contribution in [1.29, 1.82) is 5.26 Å². The number of anilines is 1. The van der Waals surface area contributed by atoms with Gasteiger partial charge in [-0.2, -0.15) is 5.26 Å². The number of hydrogen-bond donors (Lipinski definition) is 0. The van der Waals surface area contributed by atoms with Gasteiger partial charge in [0.2, 0.25) is 0 Å². The zero-order chi connectivity index (χ0) is 9.68. The number of rotatable bonds is 3. The van der Waals surface area contributed by atoms with Crippen LogP contribution in [0.15, 0.2) is 22.9 Å². The third kappa shape index (κ3) is 2.71. The predicted molar refractivity (Wildman–Crippen MR) is 55.4 cm³/mol. The highest BCUT2D eigenvalue weighted by Crippen LogP contribution is 2.23. The maximum absolute atomic E-state index is 8.43. The highest BCUT2D eigenvalue weighted by molar-refractivity contribution is 9.10. The molecule has 0 saturated carbocycles. The molecule has 0 aliphatic heterocycles. The smallest absolute Gasteiger partial charge is 0.0640 e. The van der Waals surface area contributed by atoms with Crippen LogP contribution in [0.25, 0.3) is 0 Å². The van der Waals surface area contributed by atoms with Crippen LogP contribution in [-0.4, -0.2) is 18.6 Å². The summed E-state index contributed by atoms with van der Waals surface area (Å²) >= 11 is 3.40. The molecule has 1 heterocycles. The fourth-order valence-electron chi connectivity index (χ4n) is 1.02. The number of aromatic nitrogens is 1. The fourth-order valence-corrected chi connectivity index (χ4v) is 1.57. The van der Waals surface area contributed by atoms with Gasteiger partial charge in [0, 0.05) is 26.0 Å². The van der Waals surface area contributed by atoms with E-state index in [1.54, 1.807) is 12.4 Å². The maximum Gasteiger partial charge on any atom is 0.0640 e. The van der Waals surface area contributed by atoms with Crippen molar-refractivity contribution in [2.24, 2.45) is 0 Å². The van der Waals surface area contributed by atoms with E-state index >= 15 is 0 Å². The standard InChI is InChI=1S/C9H10BrN3/c1-13(6-2-4-11)9-3-5-12-7-8(9)10/h3,5,7H,2,6H2,1H3. The van der Waals surface area contributed by atoms with Crippen LogP contribution in [0.3, 0.4) is 0 Å². The Morgan fingerprint density at radius 2 is 2.46 bits per heavy atom. The molecule has 0 saturated heterocycles. The van der Waals surface area contributed by atoms with E-state index in [0.717, 1.165) is 16.7 Å². The Bertz CT molecular complexity index is 319. The van der Waals surface area contributed by atoms with Gasteiger partial charge in [-0.1, -0.05) is 0 Å². The van der Waals surface area contributed by atoms with E-state index in [1.807, 2.05) is 18.0 Å². The zero-order valence-corrected chi connectivity index (χ0v) is 8.95. The summed E-state index contributed by atoms with van der Waals surface area (Å²) in [6, 6.07) is 4.03. The third-order valence-corrected chi connectivity index (χ3v) is 2.33. The van der Waals surface area contributed by atoms with Crippen LogP contribution in [0.4, 0.5) is 5.69 Å². The van der Waals surface area contributed by atoms with E-state index in [2.05, 4.69) is 27.0 Å². The van der Waals surface area contributed by atoms with Crippen LogP contribution in [-0.2, 0) is 0 Å². The second kappa shape index (κ2) is 4.83. The summed E-state index contributed by atoms with van der Waals surface area (Å²) in [5.74, 6) is 0. The van der Waals surface area contributed by atoms with Gasteiger partial charge < -0.3 is 4.90 Å². The summed E-state index contributed by atoms with van der Waals surface area (Å²) in [6.07, 6.45) is 4.02. The first-order valence-electron chi connectivity index (χ1n) is 3.93.